The number of allylic oxidation sites excluding steroid dienone is 1. The molecule has 0 unspecified atom stereocenters. The van der Waals surface area contributed by atoms with E-state index in [1.165, 1.54) is 25.7 Å². The summed E-state index contributed by atoms with van der Waals surface area (Å²) in [5, 5.41) is 0. The van der Waals surface area contributed by atoms with E-state index >= 15 is 0 Å². The Labute approximate surface area is 59.0 Å². The van der Waals surface area contributed by atoms with Crippen molar-refractivity contribution in [1.29, 1.82) is 0 Å². The minimum absolute atomic E-state index is 0.898. The Kier molecular flexibility index (Phi) is 5.70. The molecule has 54 valence electrons. The van der Waals surface area contributed by atoms with Gasteiger partial charge in [0.25, 0.3) is 0 Å². The SMILES string of the molecule is C=CC1CC1.CCCC. The lowest BCUT2D eigenvalue weighted by molar-refractivity contribution is 0.886. The minimum Gasteiger partial charge on any atom is -0.103 e. The van der Waals surface area contributed by atoms with Gasteiger partial charge in [-0.2, -0.15) is 0 Å². The number of hydrogen-bond donors (Lipinski definition) is 0. The molecule has 0 N–H and O–H groups in total. The van der Waals surface area contributed by atoms with Crippen molar-refractivity contribution in [3.05, 3.63) is 12.7 Å². The van der Waals surface area contributed by atoms with Crippen LogP contribution in [0.5, 0.6) is 0 Å². The van der Waals surface area contributed by atoms with Gasteiger partial charge >= 0.3 is 0 Å². The van der Waals surface area contributed by atoms with Gasteiger partial charge in [-0.15, -0.1) is 6.58 Å². The highest BCUT2D eigenvalue weighted by atomic mass is 14.2. The van der Waals surface area contributed by atoms with Crippen molar-refractivity contribution in [2.24, 2.45) is 5.92 Å². The highest BCUT2D eigenvalue weighted by molar-refractivity contribution is 4.88. The van der Waals surface area contributed by atoms with Gasteiger partial charge in [0.05, 0.1) is 0 Å². The molecular weight excluding hydrogens is 108 g/mol. The Morgan fingerprint density at radius 3 is 1.78 bits per heavy atom. The lowest BCUT2D eigenvalue weighted by Gasteiger charge is -1.68. The molecule has 0 aromatic rings. The van der Waals surface area contributed by atoms with E-state index in [1.54, 1.807) is 0 Å². The summed E-state index contributed by atoms with van der Waals surface area (Å²) < 4.78 is 0. The van der Waals surface area contributed by atoms with Gasteiger partial charge in [0.2, 0.25) is 0 Å². The first-order valence-electron chi connectivity index (χ1n) is 3.97. The number of hydrogen-bond acceptors (Lipinski definition) is 0. The second-order valence-corrected chi connectivity index (χ2v) is 2.57. The Morgan fingerprint density at radius 2 is 1.78 bits per heavy atom. The van der Waals surface area contributed by atoms with E-state index in [0.29, 0.717) is 0 Å². The summed E-state index contributed by atoms with van der Waals surface area (Å²) in [4.78, 5) is 0. The minimum atomic E-state index is 0.898. The first kappa shape index (κ1) is 8.74. The fraction of sp³-hybridized carbons (Fsp3) is 0.778. The van der Waals surface area contributed by atoms with Crippen LogP contribution in [0.1, 0.15) is 39.5 Å². The zero-order valence-corrected chi connectivity index (χ0v) is 6.69. The molecule has 0 nitrogen and oxygen atoms in total. The molecule has 0 spiro atoms. The molecule has 9 heavy (non-hydrogen) atoms. The Hall–Kier alpha value is -0.260. The maximum absolute atomic E-state index is 3.62. The molecular formula is C9H18. The maximum atomic E-state index is 3.62. The van der Waals surface area contributed by atoms with E-state index in [9.17, 15) is 0 Å². The van der Waals surface area contributed by atoms with Gasteiger partial charge in [-0.05, 0) is 18.8 Å². The summed E-state index contributed by atoms with van der Waals surface area (Å²) in [5.74, 6) is 0.898. The molecule has 0 aromatic heterocycles. The standard InChI is InChI=1S/C5H8.C4H10/c1-2-5-3-4-5;1-3-4-2/h2,5H,1,3-4H2;3-4H2,1-2H3. The summed E-state index contributed by atoms with van der Waals surface area (Å²) in [6.45, 7) is 7.98. The molecule has 0 aromatic carbocycles. The van der Waals surface area contributed by atoms with Crippen molar-refractivity contribution in [2.45, 2.75) is 39.5 Å². The molecule has 0 bridgehead atoms. The normalized spacial score (nSPS) is 15.8. The molecule has 0 heteroatoms. The smallest absolute Gasteiger partial charge is 0.0236 e. The van der Waals surface area contributed by atoms with Gasteiger partial charge < -0.3 is 0 Å². The predicted octanol–water partition coefficient (Wildman–Crippen LogP) is 3.39. The van der Waals surface area contributed by atoms with Crippen LogP contribution in [0.25, 0.3) is 0 Å². The van der Waals surface area contributed by atoms with E-state index in [1.807, 2.05) is 6.08 Å². The summed E-state index contributed by atoms with van der Waals surface area (Å²) in [6.07, 6.45) is 7.45. The van der Waals surface area contributed by atoms with Crippen LogP contribution in [0.3, 0.4) is 0 Å². The molecule has 1 fully saturated rings. The third-order valence-electron chi connectivity index (χ3n) is 1.46. The van der Waals surface area contributed by atoms with Gasteiger partial charge in [-0.25, -0.2) is 0 Å². The zero-order valence-electron chi connectivity index (χ0n) is 6.69. The van der Waals surface area contributed by atoms with Crippen molar-refractivity contribution in [3.8, 4) is 0 Å². The van der Waals surface area contributed by atoms with Crippen molar-refractivity contribution in [2.75, 3.05) is 0 Å². The highest BCUT2D eigenvalue weighted by Gasteiger charge is 2.15. The van der Waals surface area contributed by atoms with Gasteiger partial charge in [-0.3, -0.25) is 0 Å². The summed E-state index contributed by atoms with van der Waals surface area (Å²) >= 11 is 0. The molecule has 0 heterocycles. The van der Waals surface area contributed by atoms with Gasteiger partial charge in [-0.1, -0.05) is 32.8 Å². The molecule has 0 aliphatic heterocycles. The molecule has 0 radical (unpaired) electrons. The third-order valence-corrected chi connectivity index (χ3v) is 1.46. The van der Waals surface area contributed by atoms with Gasteiger partial charge in [0, 0.05) is 0 Å². The van der Waals surface area contributed by atoms with E-state index < -0.39 is 0 Å². The van der Waals surface area contributed by atoms with Crippen LogP contribution in [0.4, 0.5) is 0 Å². The van der Waals surface area contributed by atoms with Crippen LogP contribution in [-0.2, 0) is 0 Å². The fourth-order valence-electron chi connectivity index (χ4n) is 0.332. The van der Waals surface area contributed by atoms with Crippen LogP contribution in [-0.4, -0.2) is 0 Å². The average molecular weight is 126 g/mol. The largest absolute Gasteiger partial charge is 0.103 e. The first-order chi connectivity index (χ1) is 4.35. The predicted molar refractivity (Wildman–Crippen MR) is 43.5 cm³/mol. The van der Waals surface area contributed by atoms with Crippen LogP contribution < -0.4 is 0 Å². The molecule has 0 atom stereocenters. The second-order valence-electron chi connectivity index (χ2n) is 2.57. The third kappa shape index (κ3) is 7.74. The molecule has 0 amide bonds. The second kappa shape index (κ2) is 5.87. The molecule has 1 aliphatic rings. The molecule has 1 aliphatic carbocycles. The fourth-order valence-corrected chi connectivity index (χ4v) is 0.332. The van der Waals surface area contributed by atoms with Gasteiger partial charge in [0.15, 0.2) is 0 Å². The van der Waals surface area contributed by atoms with Crippen LogP contribution >= 0.6 is 0 Å². The maximum Gasteiger partial charge on any atom is -0.0236 e. The summed E-state index contributed by atoms with van der Waals surface area (Å²) in [7, 11) is 0. The van der Waals surface area contributed by atoms with Crippen molar-refractivity contribution in [3.63, 3.8) is 0 Å². The molecule has 1 rings (SSSR count). The number of unbranched alkanes of at least 4 members (excludes halogenated alkanes) is 1. The zero-order chi connectivity index (χ0) is 7.11. The summed E-state index contributed by atoms with van der Waals surface area (Å²) in [6, 6.07) is 0. The van der Waals surface area contributed by atoms with Crippen LogP contribution in [0.2, 0.25) is 0 Å². The molecule has 0 saturated heterocycles. The highest BCUT2D eigenvalue weighted by Crippen LogP contribution is 2.28. The Bertz CT molecular complexity index is 58.4. The first-order valence-corrected chi connectivity index (χ1v) is 3.97. The van der Waals surface area contributed by atoms with E-state index in [2.05, 4.69) is 20.4 Å². The number of rotatable bonds is 2. The van der Waals surface area contributed by atoms with E-state index in [4.69, 9.17) is 0 Å². The van der Waals surface area contributed by atoms with E-state index in [-0.39, 0.29) is 0 Å². The van der Waals surface area contributed by atoms with E-state index in [0.717, 1.165) is 5.92 Å². The lowest BCUT2D eigenvalue weighted by atomic mass is 10.4. The topological polar surface area (TPSA) is 0 Å². The van der Waals surface area contributed by atoms with Crippen molar-refractivity contribution in [1.82, 2.24) is 0 Å². The Morgan fingerprint density at radius 1 is 1.33 bits per heavy atom. The van der Waals surface area contributed by atoms with Crippen LogP contribution in [0, 0.1) is 5.92 Å². The molecule has 1 saturated carbocycles. The van der Waals surface area contributed by atoms with Crippen LogP contribution in [0.15, 0.2) is 12.7 Å². The van der Waals surface area contributed by atoms with Crippen molar-refractivity contribution < 1.29 is 0 Å². The Balaban J connectivity index is 0.000000148. The van der Waals surface area contributed by atoms with Gasteiger partial charge in [0.1, 0.15) is 0 Å². The lowest BCUT2D eigenvalue weighted by Crippen LogP contribution is -1.50. The quantitative estimate of drug-likeness (QED) is 0.497. The average Bonchev–Trinajstić information content (AvgIpc) is 2.70. The van der Waals surface area contributed by atoms with Crippen molar-refractivity contribution >= 4 is 0 Å². The summed E-state index contributed by atoms with van der Waals surface area (Å²) in [5.41, 5.74) is 0. The monoisotopic (exact) mass is 126 g/mol.